The molecule has 1 heterocycles. The summed E-state index contributed by atoms with van der Waals surface area (Å²) >= 11 is 5.72. The van der Waals surface area contributed by atoms with E-state index in [4.69, 9.17) is 22.1 Å². The Kier molecular flexibility index (Phi) is 4.88. The molecule has 1 fully saturated rings. The van der Waals surface area contributed by atoms with Crippen molar-refractivity contribution < 1.29 is 9.13 Å². The fourth-order valence-corrected chi connectivity index (χ4v) is 2.58. The molecule has 0 aliphatic carbocycles. The van der Waals surface area contributed by atoms with E-state index >= 15 is 0 Å². The third-order valence-corrected chi connectivity index (χ3v) is 3.64. The van der Waals surface area contributed by atoms with Crippen LogP contribution in [0, 0.1) is 5.82 Å². The van der Waals surface area contributed by atoms with Crippen molar-refractivity contribution in [3.63, 3.8) is 0 Å². The highest BCUT2D eigenvalue weighted by Crippen LogP contribution is 2.31. The van der Waals surface area contributed by atoms with Gasteiger partial charge in [-0.25, -0.2) is 4.39 Å². The van der Waals surface area contributed by atoms with Crippen LogP contribution in [0.15, 0.2) is 12.1 Å². The van der Waals surface area contributed by atoms with E-state index in [2.05, 4.69) is 11.8 Å². The number of hydrogen-bond donors (Lipinski definition) is 1. The Labute approximate surface area is 118 Å². The second kappa shape index (κ2) is 6.44. The van der Waals surface area contributed by atoms with Gasteiger partial charge in [0.05, 0.1) is 22.5 Å². The lowest BCUT2D eigenvalue weighted by Crippen LogP contribution is -2.40. The molecule has 1 aromatic carbocycles. The van der Waals surface area contributed by atoms with Gasteiger partial charge in [0, 0.05) is 25.8 Å². The van der Waals surface area contributed by atoms with E-state index in [0.29, 0.717) is 11.4 Å². The van der Waals surface area contributed by atoms with Gasteiger partial charge in [0.2, 0.25) is 0 Å². The van der Waals surface area contributed by atoms with E-state index < -0.39 is 5.82 Å². The van der Waals surface area contributed by atoms with Gasteiger partial charge in [-0.1, -0.05) is 18.5 Å². The summed E-state index contributed by atoms with van der Waals surface area (Å²) < 4.78 is 19.3. The summed E-state index contributed by atoms with van der Waals surface area (Å²) in [5, 5.41) is 0.0667. The van der Waals surface area contributed by atoms with E-state index in [-0.39, 0.29) is 11.1 Å². The summed E-state index contributed by atoms with van der Waals surface area (Å²) in [6.45, 7) is 4.48. The van der Waals surface area contributed by atoms with Crippen LogP contribution in [0.25, 0.3) is 0 Å². The summed E-state index contributed by atoms with van der Waals surface area (Å²) in [5.41, 5.74) is 7.16. The molecule has 1 aliphatic rings. The first-order valence-corrected chi connectivity index (χ1v) is 7.10. The number of rotatable bonds is 4. The Balaban J connectivity index is 2.10. The highest BCUT2D eigenvalue weighted by molar-refractivity contribution is 6.31. The van der Waals surface area contributed by atoms with Gasteiger partial charge < -0.3 is 15.4 Å². The van der Waals surface area contributed by atoms with Crippen molar-refractivity contribution >= 4 is 23.0 Å². The van der Waals surface area contributed by atoms with Crippen molar-refractivity contribution in [1.29, 1.82) is 0 Å². The molecule has 1 atom stereocenters. The van der Waals surface area contributed by atoms with Crippen LogP contribution >= 0.6 is 11.6 Å². The molecule has 0 saturated carbocycles. The number of nitrogens with zero attached hydrogens (tertiary/aromatic N) is 1. The van der Waals surface area contributed by atoms with E-state index in [1.807, 2.05) is 0 Å². The van der Waals surface area contributed by atoms with Gasteiger partial charge in [0.1, 0.15) is 5.82 Å². The number of piperidine rings is 1. The zero-order chi connectivity index (χ0) is 13.8. The molecule has 0 bridgehead atoms. The molecule has 1 saturated heterocycles. The molecule has 3 nitrogen and oxygen atoms in total. The lowest BCUT2D eigenvalue weighted by atomic mass is 10.1. The van der Waals surface area contributed by atoms with Crippen molar-refractivity contribution in [2.75, 3.05) is 30.3 Å². The Morgan fingerprint density at radius 2 is 2.32 bits per heavy atom. The SMILES string of the molecule is CCCOC1CCCN(c2cc(F)c(Cl)cc2N)C1. The maximum atomic E-state index is 13.6. The van der Waals surface area contributed by atoms with E-state index in [9.17, 15) is 4.39 Å². The molecule has 106 valence electrons. The smallest absolute Gasteiger partial charge is 0.144 e. The van der Waals surface area contributed by atoms with Crippen LogP contribution in [0.3, 0.4) is 0 Å². The number of ether oxygens (including phenoxy) is 1. The Bertz CT molecular complexity index is 442. The summed E-state index contributed by atoms with van der Waals surface area (Å²) in [5.74, 6) is -0.428. The third-order valence-electron chi connectivity index (χ3n) is 3.35. The van der Waals surface area contributed by atoms with Crippen LogP contribution in [0.4, 0.5) is 15.8 Å². The maximum Gasteiger partial charge on any atom is 0.144 e. The minimum Gasteiger partial charge on any atom is -0.397 e. The molecule has 5 heteroatoms. The fraction of sp³-hybridized carbons (Fsp3) is 0.571. The minimum absolute atomic E-state index is 0.0667. The summed E-state index contributed by atoms with van der Waals surface area (Å²) in [7, 11) is 0. The highest BCUT2D eigenvalue weighted by Gasteiger charge is 2.22. The zero-order valence-corrected chi connectivity index (χ0v) is 11.9. The highest BCUT2D eigenvalue weighted by atomic mass is 35.5. The molecule has 1 aromatic rings. The van der Waals surface area contributed by atoms with Gasteiger partial charge in [-0.2, -0.15) is 0 Å². The molecular weight excluding hydrogens is 267 g/mol. The first kappa shape index (κ1) is 14.4. The standard InChI is InChI=1S/C14H20ClFN2O/c1-2-6-19-10-4-3-5-18(9-10)14-8-12(16)11(15)7-13(14)17/h7-8,10H,2-6,9,17H2,1H3. The second-order valence-electron chi connectivity index (χ2n) is 4.91. The summed E-state index contributed by atoms with van der Waals surface area (Å²) in [6.07, 6.45) is 3.28. The predicted molar refractivity (Wildman–Crippen MR) is 77.3 cm³/mol. The molecule has 1 unspecified atom stereocenters. The number of benzene rings is 1. The maximum absolute atomic E-state index is 13.6. The molecule has 0 radical (unpaired) electrons. The minimum atomic E-state index is -0.428. The van der Waals surface area contributed by atoms with Gasteiger partial charge in [-0.05, 0) is 25.3 Å². The molecule has 19 heavy (non-hydrogen) atoms. The average Bonchev–Trinajstić information content (AvgIpc) is 2.41. The first-order chi connectivity index (χ1) is 9.11. The number of hydrogen-bond acceptors (Lipinski definition) is 3. The van der Waals surface area contributed by atoms with Gasteiger partial charge in [-0.3, -0.25) is 0 Å². The summed E-state index contributed by atoms with van der Waals surface area (Å²) in [4.78, 5) is 2.08. The van der Waals surface area contributed by atoms with Crippen LogP contribution < -0.4 is 10.6 Å². The number of nitrogens with two attached hydrogens (primary N) is 1. The lowest BCUT2D eigenvalue weighted by Gasteiger charge is -2.35. The molecule has 0 spiro atoms. The first-order valence-electron chi connectivity index (χ1n) is 6.73. The number of anilines is 2. The Hall–Kier alpha value is -1.00. The topological polar surface area (TPSA) is 38.5 Å². The number of nitrogen functional groups attached to an aromatic ring is 1. The largest absolute Gasteiger partial charge is 0.397 e. The average molecular weight is 287 g/mol. The Morgan fingerprint density at radius 1 is 1.53 bits per heavy atom. The van der Waals surface area contributed by atoms with Gasteiger partial charge in [-0.15, -0.1) is 0 Å². The van der Waals surface area contributed by atoms with Crippen molar-refractivity contribution in [3.8, 4) is 0 Å². The lowest BCUT2D eigenvalue weighted by molar-refractivity contribution is 0.0441. The van der Waals surface area contributed by atoms with Crippen LogP contribution in [0.2, 0.25) is 5.02 Å². The van der Waals surface area contributed by atoms with E-state index in [0.717, 1.165) is 39.0 Å². The van der Waals surface area contributed by atoms with Crippen molar-refractivity contribution in [2.24, 2.45) is 0 Å². The predicted octanol–water partition coefficient (Wildman–Crippen LogP) is 3.46. The Morgan fingerprint density at radius 3 is 3.05 bits per heavy atom. The molecule has 0 amide bonds. The van der Waals surface area contributed by atoms with Crippen molar-refractivity contribution in [2.45, 2.75) is 32.3 Å². The van der Waals surface area contributed by atoms with E-state index in [1.165, 1.54) is 12.1 Å². The van der Waals surface area contributed by atoms with E-state index in [1.54, 1.807) is 0 Å². The summed E-state index contributed by atoms with van der Waals surface area (Å²) in [6, 6.07) is 2.89. The third kappa shape index (κ3) is 3.51. The fourth-order valence-electron chi connectivity index (χ4n) is 2.40. The molecule has 2 rings (SSSR count). The normalized spacial score (nSPS) is 19.7. The second-order valence-corrected chi connectivity index (χ2v) is 5.31. The van der Waals surface area contributed by atoms with Crippen LogP contribution in [0.1, 0.15) is 26.2 Å². The van der Waals surface area contributed by atoms with Crippen molar-refractivity contribution in [1.82, 2.24) is 0 Å². The molecule has 1 aliphatic heterocycles. The van der Waals surface area contributed by atoms with Gasteiger partial charge in [0.15, 0.2) is 0 Å². The monoisotopic (exact) mass is 286 g/mol. The van der Waals surface area contributed by atoms with Gasteiger partial charge in [0.25, 0.3) is 0 Å². The van der Waals surface area contributed by atoms with Crippen LogP contribution in [0.5, 0.6) is 0 Å². The molecular formula is C14H20ClFN2O. The van der Waals surface area contributed by atoms with Crippen LogP contribution in [-0.4, -0.2) is 25.8 Å². The quantitative estimate of drug-likeness (QED) is 0.862. The van der Waals surface area contributed by atoms with Gasteiger partial charge >= 0.3 is 0 Å². The van der Waals surface area contributed by atoms with Crippen molar-refractivity contribution in [3.05, 3.63) is 23.0 Å². The van der Waals surface area contributed by atoms with Crippen LogP contribution in [-0.2, 0) is 4.74 Å². The molecule has 0 aromatic heterocycles. The number of halogens is 2. The zero-order valence-electron chi connectivity index (χ0n) is 11.2. The molecule has 2 N–H and O–H groups in total.